The van der Waals surface area contributed by atoms with Crippen LogP contribution in [0.1, 0.15) is 67.1 Å². The number of halogens is 1. The van der Waals surface area contributed by atoms with Crippen molar-refractivity contribution in [1.82, 2.24) is 15.5 Å². The summed E-state index contributed by atoms with van der Waals surface area (Å²) in [6.45, 7) is 9.37. The highest BCUT2D eigenvalue weighted by molar-refractivity contribution is 5.95. The van der Waals surface area contributed by atoms with Gasteiger partial charge in [-0.05, 0) is 56.7 Å². The summed E-state index contributed by atoms with van der Waals surface area (Å²) in [7, 11) is 0. The number of piperidine rings is 2. The molecule has 2 saturated heterocycles. The summed E-state index contributed by atoms with van der Waals surface area (Å²) >= 11 is 0. The van der Waals surface area contributed by atoms with Gasteiger partial charge in [0.1, 0.15) is 11.3 Å². The van der Waals surface area contributed by atoms with E-state index in [0.29, 0.717) is 23.8 Å². The first-order valence-electron chi connectivity index (χ1n) is 10.8. The molecule has 2 aliphatic rings. The number of likely N-dealkylation sites (tertiary alicyclic amines) is 1. The van der Waals surface area contributed by atoms with Crippen LogP contribution in [0.2, 0.25) is 0 Å². The third kappa shape index (κ3) is 5.85. The number of nitrogens with one attached hydrogen (secondary N) is 2. The molecule has 168 valence electrons. The topological polar surface area (TPSA) is 91.7 Å². The lowest BCUT2D eigenvalue weighted by Crippen LogP contribution is -2.43. The molecule has 0 bridgehead atoms. The molecule has 30 heavy (non-hydrogen) atoms. The van der Waals surface area contributed by atoms with Gasteiger partial charge in [0.25, 0.3) is 5.91 Å². The standard InChI is InChI=1S/C22H33N3O4.ClH/c1-14(2)21(27)25-9-6-16(7-10-25)12-24-20(26)19-15(3)11-18(29-22(19)28)17-5-4-8-23-13-17;/h11,14,16-17,23H,4-10,12-13H2,1-3H3,(H,24,26);1H. The van der Waals surface area contributed by atoms with Gasteiger partial charge in [-0.2, -0.15) is 0 Å². The Morgan fingerprint density at radius 3 is 2.53 bits per heavy atom. The predicted octanol–water partition coefficient (Wildman–Crippen LogP) is 2.46. The minimum Gasteiger partial charge on any atom is -0.427 e. The van der Waals surface area contributed by atoms with Gasteiger partial charge in [-0.1, -0.05) is 13.8 Å². The summed E-state index contributed by atoms with van der Waals surface area (Å²) in [6.07, 6.45) is 3.76. The van der Waals surface area contributed by atoms with Crippen molar-refractivity contribution in [3.63, 3.8) is 0 Å². The molecule has 8 heteroatoms. The van der Waals surface area contributed by atoms with E-state index in [4.69, 9.17) is 4.42 Å². The van der Waals surface area contributed by atoms with Gasteiger partial charge in [-0.3, -0.25) is 9.59 Å². The summed E-state index contributed by atoms with van der Waals surface area (Å²) in [5.74, 6) is 1.000. The SMILES string of the molecule is Cc1cc(C2CCCNC2)oc(=O)c1C(=O)NCC1CCN(C(=O)C(C)C)CC1.Cl. The minimum atomic E-state index is -0.555. The maximum Gasteiger partial charge on any atom is 0.349 e. The quantitative estimate of drug-likeness (QED) is 0.735. The summed E-state index contributed by atoms with van der Waals surface area (Å²) in [5.41, 5.74) is 0.210. The number of aryl methyl sites for hydroxylation is 1. The molecular formula is C22H34ClN3O4. The van der Waals surface area contributed by atoms with Crippen molar-refractivity contribution in [2.45, 2.75) is 52.4 Å². The van der Waals surface area contributed by atoms with Crippen LogP contribution in [0.25, 0.3) is 0 Å². The highest BCUT2D eigenvalue weighted by Gasteiger charge is 2.26. The summed E-state index contributed by atoms with van der Waals surface area (Å²) in [4.78, 5) is 39.1. The second-order valence-electron chi connectivity index (χ2n) is 8.67. The monoisotopic (exact) mass is 439 g/mol. The van der Waals surface area contributed by atoms with E-state index in [1.807, 2.05) is 24.8 Å². The van der Waals surface area contributed by atoms with Crippen molar-refractivity contribution < 1.29 is 14.0 Å². The zero-order valence-corrected chi connectivity index (χ0v) is 19.0. The van der Waals surface area contributed by atoms with Gasteiger partial charge < -0.3 is 20.0 Å². The average molecular weight is 440 g/mol. The maximum absolute atomic E-state index is 12.6. The third-order valence-corrected chi connectivity index (χ3v) is 6.07. The molecule has 0 spiro atoms. The van der Waals surface area contributed by atoms with E-state index in [2.05, 4.69) is 10.6 Å². The van der Waals surface area contributed by atoms with E-state index in [0.717, 1.165) is 51.9 Å². The Labute approximate surface area is 184 Å². The molecule has 0 saturated carbocycles. The van der Waals surface area contributed by atoms with Gasteiger partial charge in [0.15, 0.2) is 0 Å². The third-order valence-electron chi connectivity index (χ3n) is 6.07. The van der Waals surface area contributed by atoms with Crippen LogP contribution in [-0.2, 0) is 4.79 Å². The van der Waals surface area contributed by atoms with Crippen LogP contribution < -0.4 is 16.3 Å². The Morgan fingerprint density at radius 1 is 1.27 bits per heavy atom. The number of hydrogen-bond acceptors (Lipinski definition) is 5. The number of nitrogens with zero attached hydrogens (tertiary/aromatic N) is 1. The van der Waals surface area contributed by atoms with E-state index >= 15 is 0 Å². The molecule has 0 aliphatic carbocycles. The van der Waals surface area contributed by atoms with Crippen LogP contribution in [0, 0.1) is 18.8 Å². The number of hydrogen-bond donors (Lipinski definition) is 2. The second kappa shape index (κ2) is 11.0. The fourth-order valence-electron chi connectivity index (χ4n) is 4.25. The van der Waals surface area contributed by atoms with E-state index in [1.165, 1.54) is 0 Å². The van der Waals surface area contributed by atoms with Crippen LogP contribution in [0.15, 0.2) is 15.3 Å². The number of amides is 2. The van der Waals surface area contributed by atoms with Crippen molar-refractivity contribution >= 4 is 24.2 Å². The van der Waals surface area contributed by atoms with E-state index < -0.39 is 5.63 Å². The molecule has 7 nitrogen and oxygen atoms in total. The molecule has 3 heterocycles. The van der Waals surface area contributed by atoms with Crippen molar-refractivity contribution in [2.75, 3.05) is 32.7 Å². The van der Waals surface area contributed by atoms with Gasteiger partial charge in [-0.15, -0.1) is 12.4 Å². The smallest absolute Gasteiger partial charge is 0.349 e. The average Bonchev–Trinajstić information content (AvgIpc) is 2.72. The molecule has 1 aromatic heterocycles. The zero-order valence-electron chi connectivity index (χ0n) is 18.2. The molecule has 2 fully saturated rings. The molecule has 0 radical (unpaired) electrons. The molecule has 3 rings (SSSR count). The van der Waals surface area contributed by atoms with Crippen LogP contribution in [-0.4, -0.2) is 49.4 Å². The van der Waals surface area contributed by atoms with Gasteiger partial charge in [0.05, 0.1) is 0 Å². The van der Waals surface area contributed by atoms with Crippen molar-refractivity contribution in [1.29, 1.82) is 0 Å². The van der Waals surface area contributed by atoms with Crippen LogP contribution in [0.5, 0.6) is 0 Å². The van der Waals surface area contributed by atoms with Crippen molar-refractivity contribution in [3.8, 4) is 0 Å². The van der Waals surface area contributed by atoms with E-state index in [-0.39, 0.29) is 41.6 Å². The Kier molecular flexibility index (Phi) is 8.92. The number of carbonyl (C=O) groups is 2. The molecule has 2 aliphatic heterocycles. The number of rotatable bonds is 5. The Bertz CT molecular complexity index is 794. The lowest BCUT2D eigenvalue weighted by molar-refractivity contribution is -0.135. The largest absolute Gasteiger partial charge is 0.427 e. The van der Waals surface area contributed by atoms with Gasteiger partial charge in [-0.25, -0.2) is 4.79 Å². The van der Waals surface area contributed by atoms with Crippen LogP contribution in [0.3, 0.4) is 0 Å². The van der Waals surface area contributed by atoms with Crippen molar-refractivity contribution in [3.05, 3.63) is 33.4 Å². The lowest BCUT2D eigenvalue weighted by atomic mass is 9.95. The summed E-state index contributed by atoms with van der Waals surface area (Å²) in [6, 6.07) is 1.84. The fraction of sp³-hybridized carbons (Fsp3) is 0.682. The Morgan fingerprint density at radius 2 is 1.97 bits per heavy atom. The second-order valence-corrected chi connectivity index (χ2v) is 8.67. The summed E-state index contributed by atoms with van der Waals surface area (Å²) in [5, 5.41) is 6.22. The van der Waals surface area contributed by atoms with Gasteiger partial charge in [0, 0.05) is 38.0 Å². The molecule has 0 aromatic carbocycles. The predicted molar refractivity (Wildman–Crippen MR) is 118 cm³/mol. The van der Waals surface area contributed by atoms with Crippen molar-refractivity contribution in [2.24, 2.45) is 11.8 Å². The fourth-order valence-corrected chi connectivity index (χ4v) is 4.25. The molecule has 1 atom stereocenters. The van der Waals surface area contributed by atoms with E-state index in [1.54, 1.807) is 6.92 Å². The van der Waals surface area contributed by atoms with Gasteiger partial charge >= 0.3 is 5.63 Å². The first-order chi connectivity index (χ1) is 13.9. The maximum atomic E-state index is 12.6. The molecule has 2 N–H and O–H groups in total. The first kappa shape index (κ1) is 24.4. The molecular weight excluding hydrogens is 406 g/mol. The highest BCUT2D eigenvalue weighted by Crippen LogP contribution is 2.24. The zero-order chi connectivity index (χ0) is 21.0. The Hall–Kier alpha value is -1.86. The highest BCUT2D eigenvalue weighted by atomic mass is 35.5. The Balaban J connectivity index is 0.00000320. The normalized spacial score (nSPS) is 20.0. The van der Waals surface area contributed by atoms with E-state index in [9.17, 15) is 14.4 Å². The molecule has 1 aromatic rings. The molecule has 2 amide bonds. The van der Waals surface area contributed by atoms with Crippen LogP contribution >= 0.6 is 12.4 Å². The number of carbonyl (C=O) groups excluding carboxylic acids is 2. The minimum absolute atomic E-state index is 0. The molecule has 1 unspecified atom stereocenters. The first-order valence-corrected chi connectivity index (χ1v) is 10.8. The van der Waals surface area contributed by atoms with Crippen LogP contribution in [0.4, 0.5) is 0 Å². The lowest BCUT2D eigenvalue weighted by Gasteiger charge is -2.33. The summed E-state index contributed by atoms with van der Waals surface area (Å²) < 4.78 is 5.50. The van der Waals surface area contributed by atoms with Gasteiger partial charge in [0.2, 0.25) is 5.91 Å².